The quantitative estimate of drug-likeness (QED) is 0.729. The lowest BCUT2D eigenvalue weighted by molar-refractivity contribution is -0.134. The molecule has 0 aromatic heterocycles. The van der Waals surface area contributed by atoms with Crippen LogP contribution in [0.15, 0.2) is 0 Å². The van der Waals surface area contributed by atoms with Gasteiger partial charge in [0.15, 0.2) is 0 Å². The summed E-state index contributed by atoms with van der Waals surface area (Å²) in [6, 6.07) is -0.115. The highest BCUT2D eigenvalue weighted by Gasteiger charge is 2.57. The Morgan fingerprint density at radius 3 is 2.88 bits per heavy atom. The molecule has 1 amide bonds. The largest absolute Gasteiger partial charge is 0.320 e. The summed E-state index contributed by atoms with van der Waals surface area (Å²) in [5, 5.41) is 0. The van der Waals surface area contributed by atoms with Gasteiger partial charge in [0, 0.05) is 12.5 Å². The number of likely N-dealkylation sites (tertiary alicyclic amines) is 1. The van der Waals surface area contributed by atoms with Gasteiger partial charge >= 0.3 is 6.17 Å². The third-order valence-corrected chi connectivity index (χ3v) is 4.02. The van der Waals surface area contributed by atoms with E-state index in [4.69, 9.17) is 12.3 Å². The highest BCUT2D eigenvalue weighted by molar-refractivity contribution is 5.83. The molecular weight excluding hydrogens is 202 g/mol. The lowest BCUT2D eigenvalue weighted by atomic mass is 9.99. The Labute approximate surface area is 96.6 Å². The van der Waals surface area contributed by atoms with Gasteiger partial charge in [0.25, 0.3) is 0 Å². The van der Waals surface area contributed by atoms with Crippen molar-refractivity contribution in [3.8, 4) is 0 Å². The Morgan fingerprint density at radius 1 is 1.62 bits per heavy atom. The second-order valence-corrected chi connectivity index (χ2v) is 5.07. The van der Waals surface area contributed by atoms with E-state index in [-0.39, 0.29) is 18.0 Å². The van der Waals surface area contributed by atoms with Gasteiger partial charge in [-0.25, -0.2) is 6.57 Å². The predicted octanol–water partition coefficient (Wildman–Crippen LogP) is 1.23. The first-order valence-corrected chi connectivity index (χ1v) is 6.04. The summed E-state index contributed by atoms with van der Waals surface area (Å²) in [6.45, 7) is 11.1. The Kier molecular flexibility index (Phi) is 2.90. The van der Waals surface area contributed by atoms with Crippen LogP contribution in [0.1, 0.15) is 33.1 Å². The minimum atomic E-state index is -0.436. The number of piperidine rings is 1. The van der Waals surface area contributed by atoms with Crippen LogP contribution >= 0.6 is 0 Å². The molecule has 0 aromatic carbocycles. The first-order valence-electron chi connectivity index (χ1n) is 6.04. The van der Waals surface area contributed by atoms with E-state index in [0.29, 0.717) is 12.0 Å². The molecule has 1 saturated heterocycles. The average Bonchev–Trinajstić information content (AvgIpc) is 2.97. The molecule has 2 fully saturated rings. The molecular formula is C12H19N3O. The summed E-state index contributed by atoms with van der Waals surface area (Å²) in [5.41, 5.74) is 5.95. The SMILES string of the molecule is [C-]#[N+]C1CC2CC2N1C(=O)C(N)C(C)CC. The fourth-order valence-electron chi connectivity index (χ4n) is 2.53. The second kappa shape index (κ2) is 4.06. The van der Waals surface area contributed by atoms with Gasteiger partial charge in [0.1, 0.15) is 0 Å². The molecule has 2 N–H and O–H groups in total. The minimum Gasteiger partial charge on any atom is -0.320 e. The summed E-state index contributed by atoms with van der Waals surface area (Å²) in [6.07, 6.45) is 2.58. The van der Waals surface area contributed by atoms with Gasteiger partial charge in [0.05, 0.1) is 6.04 Å². The van der Waals surface area contributed by atoms with Crippen molar-refractivity contribution in [2.45, 2.75) is 51.4 Å². The smallest absolute Gasteiger partial charge is 0.301 e. The second-order valence-electron chi connectivity index (χ2n) is 5.07. The van der Waals surface area contributed by atoms with Crippen molar-refractivity contribution in [3.05, 3.63) is 11.4 Å². The lowest BCUT2D eigenvalue weighted by Crippen LogP contribution is -2.49. The predicted molar refractivity (Wildman–Crippen MR) is 61.2 cm³/mol. The third-order valence-electron chi connectivity index (χ3n) is 4.02. The van der Waals surface area contributed by atoms with E-state index in [0.717, 1.165) is 19.3 Å². The molecule has 0 spiro atoms. The van der Waals surface area contributed by atoms with E-state index in [1.807, 2.05) is 13.8 Å². The number of rotatable bonds is 3. The van der Waals surface area contributed by atoms with Crippen molar-refractivity contribution < 1.29 is 4.79 Å². The Balaban J connectivity index is 2.06. The zero-order valence-electron chi connectivity index (χ0n) is 9.89. The van der Waals surface area contributed by atoms with E-state index < -0.39 is 6.04 Å². The van der Waals surface area contributed by atoms with Gasteiger partial charge in [-0.3, -0.25) is 14.5 Å². The van der Waals surface area contributed by atoms with Gasteiger partial charge < -0.3 is 5.73 Å². The minimum absolute atomic E-state index is 0.0136. The number of nitrogens with two attached hydrogens (primary N) is 1. The molecule has 5 unspecified atom stereocenters. The summed E-state index contributed by atoms with van der Waals surface area (Å²) in [4.78, 5) is 17.5. The van der Waals surface area contributed by atoms with Crippen LogP contribution in [0.3, 0.4) is 0 Å². The number of hydrogen-bond acceptors (Lipinski definition) is 2. The molecule has 2 aliphatic rings. The molecule has 1 heterocycles. The van der Waals surface area contributed by atoms with Crippen molar-refractivity contribution in [1.29, 1.82) is 0 Å². The van der Waals surface area contributed by atoms with Gasteiger partial charge in [-0.2, -0.15) is 0 Å². The summed E-state index contributed by atoms with van der Waals surface area (Å²) in [7, 11) is 0. The van der Waals surface area contributed by atoms with Crippen LogP contribution in [0.4, 0.5) is 0 Å². The molecule has 5 atom stereocenters. The molecule has 88 valence electrons. The topological polar surface area (TPSA) is 50.7 Å². The molecule has 1 aliphatic heterocycles. The van der Waals surface area contributed by atoms with Crippen molar-refractivity contribution >= 4 is 5.91 Å². The Hall–Kier alpha value is -1.08. The van der Waals surface area contributed by atoms with Crippen LogP contribution in [-0.4, -0.2) is 29.1 Å². The van der Waals surface area contributed by atoms with Crippen LogP contribution in [0.2, 0.25) is 0 Å². The van der Waals surface area contributed by atoms with E-state index >= 15 is 0 Å². The van der Waals surface area contributed by atoms with Crippen molar-refractivity contribution in [2.24, 2.45) is 17.6 Å². The van der Waals surface area contributed by atoms with Gasteiger partial charge in [-0.1, -0.05) is 20.3 Å². The zero-order chi connectivity index (χ0) is 11.9. The molecule has 16 heavy (non-hydrogen) atoms. The van der Waals surface area contributed by atoms with Crippen LogP contribution in [0, 0.1) is 18.4 Å². The molecule has 0 radical (unpaired) electrons. The van der Waals surface area contributed by atoms with Crippen LogP contribution in [-0.2, 0) is 4.79 Å². The summed E-state index contributed by atoms with van der Waals surface area (Å²) >= 11 is 0. The van der Waals surface area contributed by atoms with Crippen LogP contribution in [0.25, 0.3) is 4.85 Å². The van der Waals surface area contributed by atoms with E-state index in [2.05, 4.69) is 4.85 Å². The number of hydrogen-bond donors (Lipinski definition) is 1. The van der Waals surface area contributed by atoms with Gasteiger partial charge in [0.2, 0.25) is 5.91 Å². The standard InChI is InChI=1S/C12H19N3O/c1-4-7(2)11(13)12(16)15-9-5-8(9)6-10(15)14-3/h7-11H,4-6,13H2,1-2H3. The van der Waals surface area contributed by atoms with Crippen molar-refractivity contribution in [3.63, 3.8) is 0 Å². The Morgan fingerprint density at radius 2 is 2.31 bits per heavy atom. The van der Waals surface area contributed by atoms with Crippen molar-refractivity contribution in [2.75, 3.05) is 0 Å². The number of carbonyl (C=O) groups is 1. The molecule has 0 bridgehead atoms. The highest BCUT2D eigenvalue weighted by atomic mass is 16.2. The highest BCUT2D eigenvalue weighted by Crippen LogP contribution is 2.48. The Bertz CT molecular complexity index is 336. The monoisotopic (exact) mass is 221 g/mol. The molecule has 1 aliphatic carbocycles. The summed E-state index contributed by atoms with van der Waals surface area (Å²) in [5.74, 6) is 0.754. The lowest BCUT2D eigenvalue weighted by Gasteiger charge is -2.25. The van der Waals surface area contributed by atoms with Crippen LogP contribution < -0.4 is 5.73 Å². The first-order chi connectivity index (χ1) is 7.60. The van der Waals surface area contributed by atoms with E-state index in [1.165, 1.54) is 0 Å². The molecule has 4 nitrogen and oxygen atoms in total. The fraction of sp³-hybridized carbons (Fsp3) is 0.833. The normalized spacial score (nSPS) is 35.1. The van der Waals surface area contributed by atoms with Gasteiger partial charge in [-0.05, 0) is 18.3 Å². The molecule has 0 aromatic rings. The van der Waals surface area contributed by atoms with E-state index in [9.17, 15) is 4.79 Å². The summed E-state index contributed by atoms with van der Waals surface area (Å²) < 4.78 is 0. The number of amides is 1. The number of nitrogens with zero attached hydrogens (tertiary/aromatic N) is 2. The number of carbonyl (C=O) groups excluding carboxylic acids is 1. The maximum Gasteiger partial charge on any atom is 0.301 e. The maximum absolute atomic E-state index is 12.2. The van der Waals surface area contributed by atoms with E-state index in [1.54, 1.807) is 4.90 Å². The van der Waals surface area contributed by atoms with Crippen molar-refractivity contribution in [1.82, 2.24) is 4.90 Å². The maximum atomic E-state index is 12.2. The molecule has 1 saturated carbocycles. The third kappa shape index (κ3) is 1.69. The van der Waals surface area contributed by atoms with Crippen LogP contribution in [0.5, 0.6) is 0 Å². The average molecular weight is 221 g/mol. The number of fused-ring (bicyclic) bond motifs is 1. The van der Waals surface area contributed by atoms with Gasteiger partial charge in [-0.15, -0.1) is 0 Å². The first kappa shape index (κ1) is 11.4. The molecule has 4 heteroatoms. The fourth-order valence-corrected chi connectivity index (χ4v) is 2.53. The zero-order valence-corrected chi connectivity index (χ0v) is 9.89. The molecule has 2 rings (SSSR count).